The Balaban J connectivity index is 0.00000288. The Labute approximate surface area is 161 Å². The van der Waals surface area contributed by atoms with Gasteiger partial charge in [-0.15, -0.1) is 0 Å². The molecular weight excluding hydrogens is 353 g/mol. The third-order valence-electron chi connectivity index (χ3n) is 3.08. The summed E-state index contributed by atoms with van der Waals surface area (Å²) in [5.74, 6) is -2.39. The van der Waals surface area contributed by atoms with Gasteiger partial charge < -0.3 is 17.2 Å². The van der Waals surface area contributed by atoms with Gasteiger partial charge in [0.2, 0.25) is 5.91 Å². The van der Waals surface area contributed by atoms with E-state index >= 15 is 0 Å². The van der Waals surface area contributed by atoms with Crippen molar-refractivity contribution in [1.29, 1.82) is 0 Å². The van der Waals surface area contributed by atoms with Crippen molar-refractivity contribution in [2.45, 2.75) is 18.7 Å². The molecule has 1 aromatic rings. The molecule has 1 aromatic carbocycles. The maximum absolute atomic E-state index is 11.6. The molecule has 0 spiro atoms. The topological polar surface area (TPSA) is 156 Å². The first-order valence-corrected chi connectivity index (χ1v) is 7.68. The first-order valence-electron chi connectivity index (χ1n) is 6.29. The van der Waals surface area contributed by atoms with Crippen LogP contribution in [0.4, 0.5) is 4.79 Å². The summed E-state index contributed by atoms with van der Waals surface area (Å²) in [6.45, 7) is -0.0865. The van der Waals surface area contributed by atoms with Crippen LogP contribution in [0.25, 0.3) is 0 Å². The van der Waals surface area contributed by atoms with E-state index in [-0.39, 0.29) is 41.9 Å². The number of hydrogen-bond acceptors (Lipinski definition) is 6. The number of rotatable bonds is 5. The predicted molar refractivity (Wildman–Crippen MR) is 76.0 cm³/mol. The summed E-state index contributed by atoms with van der Waals surface area (Å²) in [5, 5.41) is 2.04. The fraction of sp³-hybridized carbons (Fsp3) is 0.250. The number of benzene rings is 1. The van der Waals surface area contributed by atoms with Gasteiger partial charge in [0.05, 0.1) is 0 Å². The zero-order valence-electron chi connectivity index (χ0n) is 13.6. The van der Waals surface area contributed by atoms with E-state index in [2.05, 4.69) is 0 Å². The summed E-state index contributed by atoms with van der Waals surface area (Å²) in [6.07, 6.45) is -1.03. The molecule has 3 amide bonds. The third kappa shape index (κ3) is 4.45. The van der Waals surface area contributed by atoms with E-state index in [4.69, 9.17) is 15.0 Å². The van der Waals surface area contributed by atoms with E-state index in [0.29, 0.717) is 5.56 Å². The van der Waals surface area contributed by atoms with Crippen molar-refractivity contribution >= 4 is 28.2 Å². The number of amides is 3. The van der Waals surface area contributed by atoms with Crippen LogP contribution in [0.1, 0.15) is 6.99 Å². The molecule has 0 radical (unpaired) electrons. The molecule has 10 nitrogen and oxygen atoms in total. The molecule has 0 bridgehead atoms. The SMILES string of the molecule is NC(=O)C1C(NC(=O)OCc2ccccc2)C(=O)N1S(=O)(=O)O.[H-].[Na+]. The molecule has 24 heavy (non-hydrogen) atoms. The van der Waals surface area contributed by atoms with Crippen LogP contribution < -0.4 is 40.6 Å². The number of carbonyl (C=O) groups excluding carboxylic acids is 3. The largest absolute Gasteiger partial charge is 1.00 e. The second kappa shape index (κ2) is 7.94. The molecule has 1 aliphatic rings. The number of nitrogens with zero attached hydrogens (tertiary/aromatic N) is 1. The Morgan fingerprint density at radius 1 is 1.33 bits per heavy atom. The van der Waals surface area contributed by atoms with E-state index in [1.54, 1.807) is 30.3 Å². The van der Waals surface area contributed by atoms with E-state index in [0.717, 1.165) is 0 Å². The monoisotopic (exact) mass is 367 g/mol. The second-order valence-corrected chi connectivity index (χ2v) is 5.93. The smallest absolute Gasteiger partial charge is 1.00 e. The van der Waals surface area contributed by atoms with E-state index < -0.39 is 40.3 Å². The van der Waals surface area contributed by atoms with Crippen LogP contribution in [-0.2, 0) is 31.2 Å². The standard InChI is InChI=1S/C12H13N3O7S.Na.H/c13-10(16)9-8(11(17)15(9)23(19,20)21)14-12(18)22-6-7-4-2-1-3-5-7;;/h1-5,8-9H,6H2,(H2,13,16)(H,14,18)(H,19,20,21);;/q;+1;-1. The van der Waals surface area contributed by atoms with Gasteiger partial charge in [-0.2, -0.15) is 12.7 Å². The number of carbonyl (C=O) groups is 3. The molecule has 12 heteroatoms. The van der Waals surface area contributed by atoms with Crippen molar-refractivity contribution in [2.75, 3.05) is 0 Å². The molecule has 0 aromatic heterocycles. The quantitative estimate of drug-likeness (QED) is 0.271. The molecule has 2 atom stereocenters. The van der Waals surface area contributed by atoms with Gasteiger partial charge in [-0.1, -0.05) is 30.3 Å². The van der Waals surface area contributed by atoms with Crippen molar-refractivity contribution in [3.8, 4) is 0 Å². The summed E-state index contributed by atoms with van der Waals surface area (Å²) < 4.78 is 35.6. The molecule has 126 valence electrons. The van der Waals surface area contributed by atoms with Gasteiger partial charge in [0.15, 0.2) is 6.04 Å². The predicted octanol–water partition coefficient (Wildman–Crippen LogP) is -4.10. The maximum atomic E-state index is 11.6. The zero-order valence-corrected chi connectivity index (χ0v) is 15.4. The summed E-state index contributed by atoms with van der Waals surface area (Å²) in [5.41, 5.74) is 5.67. The van der Waals surface area contributed by atoms with E-state index in [1.807, 2.05) is 5.32 Å². The summed E-state index contributed by atoms with van der Waals surface area (Å²) in [4.78, 5) is 34.5. The maximum Gasteiger partial charge on any atom is 1.00 e. The van der Waals surface area contributed by atoms with Crippen molar-refractivity contribution in [1.82, 2.24) is 9.62 Å². The van der Waals surface area contributed by atoms with Crippen LogP contribution in [0.15, 0.2) is 30.3 Å². The molecular formula is C12H14N3NaO7S. The number of alkyl carbamates (subject to hydrolysis) is 1. The fourth-order valence-electron chi connectivity index (χ4n) is 2.03. The molecule has 2 unspecified atom stereocenters. The Morgan fingerprint density at radius 2 is 1.92 bits per heavy atom. The van der Waals surface area contributed by atoms with Crippen molar-refractivity contribution in [2.24, 2.45) is 5.73 Å². The number of nitrogens with one attached hydrogen (secondary N) is 1. The van der Waals surface area contributed by atoms with E-state index in [9.17, 15) is 22.8 Å². The number of primary amides is 1. The number of ether oxygens (including phenoxy) is 1. The minimum atomic E-state index is -4.94. The number of nitrogens with two attached hydrogens (primary N) is 1. The molecule has 1 aliphatic heterocycles. The van der Waals surface area contributed by atoms with Gasteiger partial charge >= 0.3 is 46.0 Å². The normalized spacial score (nSPS) is 19.7. The van der Waals surface area contributed by atoms with Gasteiger partial charge in [0, 0.05) is 0 Å². The van der Waals surface area contributed by atoms with Crippen LogP contribution in [0.2, 0.25) is 0 Å². The van der Waals surface area contributed by atoms with Crippen molar-refractivity contribution in [3.05, 3.63) is 35.9 Å². The average Bonchev–Trinajstić information content (AvgIpc) is 2.47. The average molecular weight is 367 g/mol. The Hall–Kier alpha value is -1.66. The Bertz CT molecular complexity index is 746. The molecule has 1 saturated heterocycles. The first kappa shape index (κ1) is 20.4. The summed E-state index contributed by atoms with van der Waals surface area (Å²) in [7, 11) is -4.94. The fourth-order valence-corrected chi connectivity index (χ4v) is 2.89. The van der Waals surface area contributed by atoms with Crippen LogP contribution in [0, 0.1) is 0 Å². The Morgan fingerprint density at radius 3 is 2.42 bits per heavy atom. The molecule has 2 rings (SSSR count). The van der Waals surface area contributed by atoms with Crippen LogP contribution in [0.3, 0.4) is 0 Å². The van der Waals surface area contributed by atoms with Gasteiger partial charge in [0.1, 0.15) is 12.6 Å². The van der Waals surface area contributed by atoms with E-state index in [1.165, 1.54) is 0 Å². The minimum absolute atomic E-state index is 0. The van der Waals surface area contributed by atoms with Gasteiger partial charge in [-0.25, -0.2) is 4.79 Å². The van der Waals surface area contributed by atoms with Gasteiger partial charge in [0.25, 0.3) is 5.91 Å². The molecule has 4 N–H and O–H groups in total. The number of hydrogen-bond donors (Lipinski definition) is 3. The van der Waals surface area contributed by atoms with Crippen molar-refractivity contribution in [3.63, 3.8) is 0 Å². The summed E-state index contributed by atoms with van der Waals surface area (Å²) >= 11 is 0. The van der Waals surface area contributed by atoms with Crippen LogP contribution >= 0.6 is 0 Å². The Kier molecular flexibility index (Phi) is 6.75. The van der Waals surface area contributed by atoms with Gasteiger partial charge in [-0.3, -0.25) is 14.1 Å². The second-order valence-electron chi connectivity index (χ2n) is 4.64. The molecule has 1 heterocycles. The first-order chi connectivity index (χ1) is 10.7. The molecule has 0 saturated carbocycles. The van der Waals surface area contributed by atoms with Crippen LogP contribution in [0.5, 0.6) is 0 Å². The zero-order chi connectivity index (χ0) is 17.2. The minimum Gasteiger partial charge on any atom is -1.00 e. The molecule has 0 aliphatic carbocycles. The van der Waals surface area contributed by atoms with Crippen LogP contribution in [-0.4, -0.2) is 47.3 Å². The van der Waals surface area contributed by atoms with Gasteiger partial charge in [-0.05, 0) is 5.56 Å². The molecule has 1 fully saturated rings. The summed E-state index contributed by atoms with van der Waals surface area (Å²) in [6, 6.07) is 5.43. The third-order valence-corrected chi connectivity index (χ3v) is 3.98. The number of β-lactam (4-membered cyclic amide) rings is 1. The van der Waals surface area contributed by atoms with Crippen molar-refractivity contribution < 1.29 is 63.1 Å².